The molecule has 1 amide bonds. The standard InChI is InChI=1S/C23H19NO4S2/c1-26-18-7-14(8-19(12-18)27-2)13-28-20-10-16-6-4-3-5-15(16)9-17(20)11-21-22(25)24-23(29)30-21/h3-12H,13H2,1-2H3,(H,24,25,29). The lowest BCUT2D eigenvalue weighted by molar-refractivity contribution is -0.115. The number of carbonyl (C=O) groups is 1. The topological polar surface area (TPSA) is 56.8 Å². The number of fused-ring (bicyclic) bond motifs is 1. The molecule has 0 unspecified atom stereocenters. The summed E-state index contributed by atoms with van der Waals surface area (Å²) in [6.07, 6.45) is 1.81. The maximum absolute atomic E-state index is 12.1. The van der Waals surface area contributed by atoms with Crippen molar-refractivity contribution in [2.45, 2.75) is 6.61 Å². The zero-order valence-corrected chi connectivity index (χ0v) is 18.1. The molecule has 0 saturated carbocycles. The maximum atomic E-state index is 12.1. The lowest BCUT2D eigenvalue weighted by Gasteiger charge is -2.13. The Bertz CT molecular complexity index is 1150. The molecule has 0 spiro atoms. The molecule has 7 heteroatoms. The molecule has 5 nitrogen and oxygen atoms in total. The quantitative estimate of drug-likeness (QED) is 0.436. The normalized spacial score (nSPS) is 14.8. The van der Waals surface area contributed by atoms with Gasteiger partial charge >= 0.3 is 0 Å². The van der Waals surface area contributed by atoms with Crippen LogP contribution in [0.5, 0.6) is 17.2 Å². The molecule has 1 aliphatic rings. The number of hydrogen-bond acceptors (Lipinski definition) is 6. The number of amides is 1. The van der Waals surface area contributed by atoms with Crippen molar-refractivity contribution in [1.82, 2.24) is 5.32 Å². The Morgan fingerprint density at radius 1 is 1.00 bits per heavy atom. The van der Waals surface area contributed by atoms with Gasteiger partial charge in [0.1, 0.15) is 28.2 Å². The molecule has 152 valence electrons. The molecule has 0 aliphatic carbocycles. The van der Waals surface area contributed by atoms with Crippen LogP contribution in [0.3, 0.4) is 0 Å². The summed E-state index contributed by atoms with van der Waals surface area (Å²) >= 11 is 6.35. The van der Waals surface area contributed by atoms with Crippen molar-refractivity contribution in [1.29, 1.82) is 0 Å². The van der Waals surface area contributed by atoms with E-state index in [1.807, 2.05) is 60.7 Å². The van der Waals surface area contributed by atoms with Crippen molar-refractivity contribution in [2.75, 3.05) is 14.2 Å². The van der Waals surface area contributed by atoms with E-state index in [2.05, 4.69) is 5.32 Å². The largest absolute Gasteiger partial charge is 0.497 e. The van der Waals surface area contributed by atoms with Crippen LogP contribution >= 0.6 is 24.0 Å². The summed E-state index contributed by atoms with van der Waals surface area (Å²) in [5.74, 6) is 1.87. The van der Waals surface area contributed by atoms with E-state index >= 15 is 0 Å². The summed E-state index contributed by atoms with van der Waals surface area (Å²) in [6.45, 7) is 0.319. The number of thiocarbonyl (C=S) groups is 1. The van der Waals surface area contributed by atoms with Crippen molar-refractivity contribution in [2.24, 2.45) is 0 Å². The molecule has 1 N–H and O–H groups in total. The van der Waals surface area contributed by atoms with Gasteiger partial charge in [0.25, 0.3) is 5.91 Å². The van der Waals surface area contributed by atoms with E-state index in [1.165, 1.54) is 11.8 Å². The first-order chi connectivity index (χ1) is 14.6. The van der Waals surface area contributed by atoms with Crippen LogP contribution < -0.4 is 19.5 Å². The molecule has 1 saturated heterocycles. The number of methoxy groups -OCH3 is 2. The fraction of sp³-hybridized carbons (Fsp3) is 0.130. The summed E-state index contributed by atoms with van der Waals surface area (Å²) in [5, 5.41) is 4.76. The second kappa shape index (κ2) is 8.77. The Labute approximate surface area is 184 Å². The Kier molecular flexibility index (Phi) is 5.92. The smallest absolute Gasteiger partial charge is 0.263 e. The second-order valence-electron chi connectivity index (χ2n) is 6.60. The average molecular weight is 438 g/mol. The number of nitrogens with one attached hydrogen (secondary N) is 1. The molecule has 1 aliphatic heterocycles. The van der Waals surface area contributed by atoms with Crippen molar-refractivity contribution in [3.05, 3.63) is 70.6 Å². The van der Waals surface area contributed by atoms with E-state index in [-0.39, 0.29) is 5.91 Å². The summed E-state index contributed by atoms with van der Waals surface area (Å²) in [7, 11) is 3.23. The van der Waals surface area contributed by atoms with Gasteiger partial charge in [0.2, 0.25) is 0 Å². The zero-order valence-electron chi connectivity index (χ0n) is 16.4. The predicted molar refractivity (Wildman–Crippen MR) is 124 cm³/mol. The molecular formula is C23H19NO4S2. The number of carbonyl (C=O) groups excluding carboxylic acids is 1. The third kappa shape index (κ3) is 4.42. The molecule has 0 aromatic heterocycles. The van der Waals surface area contributed by atoms with E-state index in [0.717, 1.165) is 21.9 Å². The van der Waals surface area contributed by atoms with Gasteiger partial charge in [-0.3, -0.25) is 4.79 Å². The van der Waals surface area contributed by atoms with Gasteiger partial charge in [0.05, 0.1) is 19.1 Å². The minimum Gasteiger partial charge on any atom is -0.497 e. The van der Waals surface area contributed by atoms with Crippen molar-refractivity contribution >= 4 is 51.1 Å². The fourth-order valence-electron chi connectivity index (χ4n) is 3.15. The second-order valence-corrected chi connectivity index (χ2v) is 8.32. The van der Waals surface area contributed by atoms with Crippen LogP contribution in [0, 0.1) is 0 Å². The van der Waals surface area contributed by atoms with Crippen LogP contribution in [0.25, 0.3) is 16.8 Å². The number of hydrogen-bond donors (Lipinski definition) is 1. The average Bonchev–Trinajstić information content (AvgIpc) is 3.08. The maximum Gasteiger partial charge on any atom is 0.263 e. The van der Waals surface area contributed by atoms with Crippen LogP contribution in [-0.4, -0.2) is 24.4 Å². The molecule has 0 bridgehead atoms. The van der Waals surface area contributed by atoms with Gasteiger partial charge in [-0.05, 0) is 46.7 Å². The zero-order chi connectivity index (χ0) is 21.1. The highest BCUT2D eigenvalue weighted by Crippen LogP contribution is 2.33. The molecule has 30 heavy (non-hydrogen) atoms. The van der Waals surface area contributed by atoms with E-state index in [1.54, 1.807) is 14.2 Å². The van der Waals surface area contributed by atoms with E-state index < -0.39 is 0 Å². The highest BCUT2D eigenvalue weighted by atomic mass is 32.2. The monoisotopic (exact) mass is 437 g/mol. The number of ether oxygens (including phenoxy) is 3. The summed E-state index contributed by atoms with van der Waals surface area (Å²) in [5.41, 5.74) is 1.72. The van der Waals surface area contributed by atoms with Crippen LogP contribution in [0.15, 0.2) is 59.5 Å². The molecule has 0 radical (unpaired) electrons. The Morgan fingerprint density at radius 2 is 1.67 bits per heavy atom. The SMILES string of the molecule is COc1cc(COc2cc3ccccc3cc2C=C2SC(=S)NC2=O)cc(OC)c1. The molecule has 3 aromatic rings. The van der Waals surface area contributed by atoms with Gasteiger partial charge in [-0.15, -0.1) is 0 Å². The van der Waals surface area contributed by atoms with Crippen LogP contribution in [0.4, 0.5) is 0 Å². The Morgan fingerprint density at radius 3 is 2.27 bits per heavy atom. The van der Waals surface area contributed by atoms with Crippen LogP contribution in [-0.2, 0) is 11.4 Å². The number of thioether (sulfide) groups is 1. The first kappa shape index (κ1) is 20.3. The van der Waals surface area contributed by atoms with Gasteiger partial charge in [-0.1, -0.05) is 48.2 Å². The number of rotatable bonds is 6. The van der Waals surface area contributed by atoms with Gasteiger partial charge in [-0.2, -0.15) is 0 Å². The van der Waals surface area contributed by atoms with Crippen molar-refractivity contribution in [3.63, 3.8) is 0 Å². The van der Waals surface area contributed by atoms with E-state index in [9.17, 15) is 4.79 Å². The first-order valence-corrected chi connectivity index (χ1v) is 10.4. The van der Waals surface area contributed by atoms with Gasteiger partial charge in [0.15, 0.2) is 0 Å². The van der Waals surface area contributed by atoms with E-state index in [4.69, 9.17) is 26.4 Å². The highest BCUT2D eigenvalue weighted by Gasteiger charge is 2.22. The Balaban J connectivity index is 1.70. The van der Waals surface area contributed by atoms with Crippen molar-refractivity contribution in [3.8, 4) is 17.2 Å². The lowest BCUT2D eigenvalue weighted by atomic mass is 10.1. The number of benzene rings is 3. The minimum absolute atomic E-state index is 0.193. The lowest BCUT2D eigenvalue weighted by Crippen LogP contribution is -2.17. The van der Waals surface area contributed by atoms with E-state index in [0.29, 0.717) is 33.1 Å². The minimum atomic E-state index is -0.193. The first-order valence-electron chi connectivity index (χ1n) is 9.18. The third-order valence-electron chi connectivity index (χ3n) is 4.61. The molecule has 1 fully saturated rings. The molecule has 4 rings (SSSR count). The third-order valence-corrected chi connectivity index (χ3v) is 5.78. The predicted octanol–water partition coefficient (Wildman–Crippen LogP) is 4.92. The fourth-order valence-corrected chi connectivity index (χ4v) is 4.18. The summed E-state index contributed by atoms with van der Waals surface area (Å²) in [6, 6.07) is 17.6. The van der Waals surface area contributed by atoms with Gasteiger partial charge in [-0.25, -0.2) is 0 Å². The van der Waals surface area contributed by atoms with Crippen molar-refractivity contribution < 1.29 is 19.0 Å². The van der Waals surface area contributed by atoms with Crippen LogP contribution in [0.2, 0.25) is 0 Å². The molecule has 1 heterocycles. The van der Waals surface area contributed by atoms with Gasteiger partial charge in [0, 0.05) is 11.6 Å². The Hall–Kier alpha value is -3.03. The molecule has 0 atom stereocenters. The molecule has 3 aromatic carbocycles. The summed E-state index contributed by atoms with van der Waals surface area (Å²) < 4.78 is 17.3. The highest BCUT2D eigenvalue weighted by molar-refractivity contribution is 8.26. The molecular weight excluding hydrogens is 418 g/mol. The van der Waals surface area contributed by atoms with Gasteiger partial charge < -0.3 is 19.5 Å². The van der Waals surface area contributed by atoms with Crippen LogP contribution in [0.1, 0.15) is 11.1 Å². The summed E-state index contributed by atoms with van der Waals surface area (Å²) in [4.78, 5) is 12.7.